The van der Waals surface area contributed by atoms with Gasteiger partial charge in [-0.3, -0.25) is 4.79 Å². The van der Waals surface area contributed by atoms with Crippen molar-refractivity contribution in [2.24, 2.45) is 0 Å². The Hall–Kier alpha value is -4.34. The van der Waals surface area contributed by atoms with Gasteiger partial charge in [-0.25, -0.2) is 4.79 Å². The number of rotatable bonds is 6. The SMILES string of the molecule is COc1cccc(-n2cc(C(=O)O)c3c2C(c2cc(OC)c4c(c2OC)OCO4)CC(=O)N3)c1. The van der Waals surface area contributed by atoms with Gasteiger partial charge >= 0.3 is 5.97 Å². The van der Waals surface area contributed by atoms with Gasteiger partial charge < -0.3 is 38.7 Å². The fourth-order valence-corrected chi connectivity index (χ4v) is 4.52. The maximum Gasteiger partial charge on any atom is 0.339 e. The van der Waals surface area contributed by atoms with E-state index in [1.807, 2.05) is 12.1 Å². The molecule has 176 valence electrons. The lowest BCUT2D eigenvalue weighted by Crippen LogP contribution is -2.26. The molecule has 0 saturated heterocycles. The average molecular weight is 466 g/mol. The molecule has 2 N–H and O–H groups in total. The lowest BCUT2D eigenvalue weighted by Gasteiger charge is -2.28. The van der Waals surface area contributed by atoms with E-state index in [1.54, 1.807) is 29.9 Å². The molecule has 10 nitrogen and oxygen atoms in total. The Morgan fingerprint density at radius 2 is 1.91 bits per heavy atom. The second-order valence-corrected chi connectivity index (χ2v) is 7.75. The highest BCUT2D eigenvalue weighted by molar-refractivity contribution is 6.04. The highest BCUT2D eigenvalue weighted by Crippen LogP contribution is 2.54. The van der Waals surface area contributed by atoms with Crippen molar-refractivity contribution in [2.75, 3.05) is 33.4 Å². The number of methoxy groups -OCH3 is 3. The molecular weight excluding hydrogens is 444 g/mol. The highest BCUT2D eigenvalue weighted by atomic mass is 16.7. The molecule has 1 unspecified atom stereocenters. The summed E-state index contributed by atoms with van der Waals surface area (Å²) < 4.78 is 29.5. The Labute approximate surface area is 194 Å². The molecule has 0 saturated carbocycles. The van der Waals surface area contributed by atoms with E-state index in [-0.39, 0.29) is 30.4 Å². The van der Waals surface area contributed by atoms with E-state index in [9.17, 15) is 14.7 Å². The number of nitrogens with one attached hydrogen (secondary N) is 1. The first-order chi connectivity index (χ1) is 16.5. The van der Waals surface area contributed by atoms with Gasteiger partial charge in [0.25, 0.3) is 0 Å². The van der Waals surface area contributed by atoms with Crippen molar-refractivity contribution in [3.05, 3.63) is 53.3 Å². The zero-order chi connectivity index (χ0) is 24.0. The zero-order valence-electron chi connectivity index (χ0n) is 18.7. The van der Waals surface area contributed by atoms with Crippen LogP contribution in [0.2, 0.25) is 0 Å². The molecule has 2 aromatic carbocycles. The van der Waals surface area contributed by atoms with Crippen LogP contribution in [0.1, 0.15) is 34.0 Å². The number of nitrogens with zero attached hydrogens (tertiary/aromatic N) is 1. The predicted octanol–water partition coefficient (Wildman–Crippen LogP) is 3.40. The smallest absolute Gasteiger partial charge is 0.339 e. The predicted molar refractivity (Wildman–Crippen MR) is 120 cm³/mol. The van der Waals surface area contributed by atoms with E-state index in [4.69, 9.17) is 23.7 Å². The van der Waals surface area contributed by atoms with Gasteiger partial charge in [-0.05, 0) is 18.2 Å². The lowest BCUT2D eigenvalue weighted by atomic mass is 9.87. The van der Waals surface area contributed by atoms with E-state index in [0.717, 1.165) is 0 Å². The van der Waals surface area contributed by atoms with Crippen LogP contribution in [0.25, 0.3) is 5.69 Å². The summed E-state index contributed by atoms with van der Waals surface area (Å²) >= 11 is 0. The average Bonchev–Trinajstić information content (AvgIpc) is 3.48. The van der Waals surface area contributed by atoms with Crippen LogP contribution in [-0.4, -0.2) is 49.7 Å². The molecule has 1 atom stereocenters. The summed E-state index contributed by atoms with van der Waals surface area (Å²) in [5.41, 5.74) is 2.08. The Morgan fingerprint density at radius 3 is 2.62 bits per heavy atom. The van der Waals surface area contributed by atoms with Crippen molar-refractivity contribution in [3.63, 3.8) is 0 Å². The summed E-state index contributed by atoms with van der Waals surface area (Å²) in [5.74, 6) is 0.177. The van der Waals surface area contributed by atoms with Gasteiger partial charge in [0, 0.05) is 35.9 Å². The largest absolute Gasteiger partial charge is 0.497 e. The summed E-state index contributed by atoms with van der Waals surface area (Å²) in [6.45, 7) is 0.00522. The molecule has 3 aromatic rings. The van der Waals surface area contributed by atoms with Gasteiger partial charge in [0.15, 0.2) is 11.5 Å². The number of aromatic carboxylic acids is 1. The number of hydrogen-bond donors (Lipinski definition) is 2. The van der Waals surface area contributed by atoms with Crippen LogP contribution in [0.3, 0.4) is 0 Å². The molecule has 3 heterocycles. The van der Waals surface area contributed by atoms with Crippen molar-refractivity contribution in [2.45, 2.75) is 12.3 Å². The van der Waals surface area contributed by atoms with Crippen LogP contribution in [0.5, 0.6) is 28.7 Å². The quantitative estimate of drug-likeness (QED) is 0.568. The topological polar surface area (TPSA) is 117 Å². The van der Waals surface area contributed by atoms with E-state index in [2.05, 4.69) is 5.32 Å². The van der Waals surface area contributed by atoms with Crippen molar-refractivity contribution >= 4 is 17.6 Å². The fraction of sp³-hybridized carbons (Fsp3) is 0.250. The standard InChI is InChI=1S/C24H22N2O8/c1-30-13-6-4-5-12(7-13)26-10-16(24(28)29)19-20(26)14(9-18(27)25-19)15-8-17(31-2)22-23(21(15)32-3)34-11-33-22/h4-8,10,14H,9,11H2,1-3H3,(H,25,27)(H,28,29). The third-order valence-corrected chi connectivity index (χ3v) is 5.98. The molecule has 5 rings (SSSR count). The molecule has 34 heavy (non-hydrogen) atoms. The number of fused-ring (bicyclic) bond motifs is 2. The Morgan fingerprint density at radius 1 is 1.12 bits per heavy atom. The van der Waals surface area contributed by atoms with Gasteiger partial charge in [-0.15, -0.1) is 0 Å². The second-order valence-electron chi connectivity index (χ2n) is 7.75. The monoisotopic (exact) mass is 466 g/mol. The van der Waals surface area contributed by atoms with Gasteiger partial charge in [-0.1, -0.05) is 6.07 Å². The molecule has 0 spiro atoms. The molecule has 0 aliphatic carbocycles. The number of benzene rings is 2. The molecule has 10 heteroatoms. The van der Waals surface area contributed by atoms with Gasteiger partial charge in [0.1, 0.15) is 11.3 Å². The van der Waals surface area contributed by atoms with Crippen LogP contribution in [0.15, 0.2) is 36.5 Å². The number of carbonyl (C=O) groups is 2. The minimum Gasteiger partial charge on any atom is -0.497 e. The van der Waals surface area contributed by atoms with Crippen molar-refractivity contribution < 1.29 is 38.4 Å². The van der Waals surface area contributed by atoms with E-state index in [0.29, 0.717) is 45.7 Å². The second kappa shape index (κ2) is 8.22. The summed E-state index contributed by atoms with van der Waals surface area (Å²) in [5, 5.41) is 12.6. The lowest BCUT2D eigenvalue weighted by molar-refractivity contribution is -0.116. The van der Waals surface area contributed by atoms with Crippen LogP contribution in [-0.2, 0) is 4.79 Å². The first kappa shape index (κ1) is 21.5. The Balaban J connectivity index is 1.79. The number of hydrogen-bond acceptors (Lipinski definition) is 7. The highest BCUT2D eigenvalue weighted by Gasteiger charge is 2.38. The van der Waals surface area contributed by atoms with E-state index in [1.165, 1.54) is 20.4 Å². The number of aromatic nitrogens is 1. The molecule has 0 bridgehead atoms. The maximum absolute atomic E-state index is 12.8. The molecule has 1 amide bonds. The normalized spacial score (nSPS) is 16.0. The summed E-state index contributed by atoms with van der Waals surface area (Å²) in [7, 11) is 4.56. The number of carboxylic acids is 1. The van der Waals surface area contributed by atoms with Gasteiger partial charge in [0.2, 0.25) is 24.2 Å². The number of anilines is 1. The molecular formula is C24H22N2O8. The number of ether oxygens (including phenoxy) is 5. The number of carbonyl (C=O) groups excluding carboxylic acids is 1. The van der Waals surface area contributed by atoms with E-state index < -0.39 is 11.9 Å². The minimum absolute atomic E-state index is 0.00522. The molecule has 1 aromatic heterocycles. The van der Waals surface area contributed by atoms with Gasteiger partial charge in [-0.2, -0.15) is 0 Å². The number of carboxylic acid groups (broad SMARTS) is 1. The first-order valence-corrected chi connectivity index (χ1v) is 10.4. The minimum atomic E-state index is -1.16. The Kier molecular flexibility index (Phi) is 5.20. The van der Waals surface area contributed by atoms with Crippen molar-refractivity contribution in [1.29, 1.82) is 0 Å². The van der Waals surface area contributed by atoms with Crippen molar-refractivity contribution in [3.8, 4) is 34.4 Å². The summed E-state index contributed by atoms with van der Waals surface area (Å²) in [6, 6.07) is 8.96. The van der Waals surface area contributed by atoms with Crippen LogP contribution >= 0.6 is 0 Å². The van der Waals surface area contributed by atoms with Crippen molar-refractivity contribution in [1.82, 2.24) is 4.57 Å². The first-order valence-electron chi connectivity index (χ1n) is 10.4. The summed E-state index contributed by atoms with van der Waals surface area (Å²) in [6.07, 6.45) is 1.55. The third kappa shape index (κ3) is 3.26. The summed E-state index contributed by atoms with van der Waals surface area (Å²) in [4.78, 5) is 24.9. The zero-order valence-corrected chi connectivity index (χ0v) is 18.7. The van der Waals surface area contributed by atoms with Crippen LogP contribution in [0.4, 0.5) is 5.69 Å². The van der Waals surface area contributed by atoms with Crippen LogP contribution < -0.4 is 29.0 Å². The number of amides is 1. The van der Waals surface area contributed by atoms with Crippen LogP contribution in [0, 0.1) is 0 Å². The molecule has 2 aliphatic rings. The molecule has 0 radical (unpaired) electrons. The third-order valence-electron chi connectivity index (χ3n) is 5.98. The fourth-order valence-electron chi connectivity index (χ4n) is 4.52. The molecule has 0 fully saturated rings. The van der Waals surface area contributed by atoms with Gasteiger partial charge in [0.05, 0.1) is 32.7 Å². The molecule has 2 aliphatic heterocycles. The maximum atomic E-state index is 12.8. The van der Waals surface area contributed by atoms with E-state index >= 15 is 0 Å². The Bertz CT molecular complexity index is 1310.